The number of anilines is 1. The van der Waals surface area contributed by atoms with Gasteiger partial charge in [-0.15, -0.1) is 0 Å². The van der Waals surface area contributed by atoms with Crippen molar-refractivity contribution in [1.82, 2.24) is 20.1 Å². The Bertz CT molecular complexity index is 425. The summed E-state index contributed by atoms with van der Waals surface area (Å²) >= 11 is 4.96. The summed E-state index contributed by atoms with van der Waals surface area (Å²) in [6, 6.07) is 0. The molecule has 18 heavy (non-hydrogen) atoms. The zero-order chi connectivity index (χ0) is 12.8. The third-order valence-corrected chi connectivity index (χ3v) is 3.45. The van der Waals surface area contributed by atoms with Gasteiger partial charge in [-0.05, 0) is 64.5 Å². The fourth-order valence-electron chi connectivity index (χ4n) is 2.23. The fraction of sp³-hybridized carbons (Fsp3) is 0.750. The molecule has 1 saturated heterocycles. The number of likely N-dealkylation sites (tertiary alicyclic amines) is 1. The first-order valence-electron chi connectivity index (χ1n) is 6.65. The molecule has 1 aromatic heterocycles. The van der Waals surface area contributed by atoms with Crippen molar-refractivity contribution in [2.75, 3.05) is 31.5 Å². The molecular weight excluding hydrogens is 246 g/mol. The number of nitrogens with one attached hydrogen (secondary N) is 2. The number of nitrogens with zero attached hydrogens (tertiary/aromatic N) is 3. The summed E-state index contributed by atoms with van der Waals surface area (Å²) in [5, 5.41) is 10.1. The molecule has 0 aliphatic carbocycles. The van der Waals surface area contributed by atoms with Crippen LogP contribution in [0.2, 0.25) is 0 Å². The van der Waals surface area contributed by atoms with Crippen LogP contribution in [0.3, 0.4) is 0 Å². The van der Waals surface area contributed by atoms with E-state index in [1.165, 1.54) is 38.9 Å². The van der Waals surface area contributed by atoms with E-state index in [9.17, 15) is 0 Å². The molecular formula is C12H21N5S. The summed E-state index contributed by atoms with van der Waals surface area (Å²) < 4.78 is 0.431. The van der Waals surface area contributed by atoms with Crippen molar-refractivity contribution in [2.45, 2.75) is 32.6 Å². The number of H-pyrrole nitrogens is 1. The average molecular weight is 267 g/mol. The Hall–Kier alpha value is -1.01. The third-order valence-electron chi connectivity index (χ3n) is 3.27. The normalized spacial score (nSPS) is 16.1. The molecule has 6 heteroatoms. The average Bonchev–Trinajstić information content (AvgIpc) is 2.86. The summed E-state index contributed by atoms with van der Waals surface area (Å²) in [7, 11) is 0. The number of aryl methyl sites for hydroxylation is 1. The van der Waals surface area contributed by atoms with Crippen LogP contribution in [0.1, 0.15) is 31.4 Å². The summed E-state index contributed by atoms with van der Waals surface area (Å²) in [5.41, 5.74) is 0.864. The van der Waals surface area contributed by atoms with Gasteiger partial charge in [0.15, 0.2) is 5.82 Å². The first-order chi connectivity index (χ1) is 8.75. The predicted molar refractivity (Wildman–Crippen MR) is 75.4 cm³/mol. The summed E-state index contributed by atoms with van der Waals surface area (Å²) in [6.45, 7) is 6.64. The lowest BCUT2D eigenvalue weighted by Gasteiger charge is -2.14. The molecule has 0 spiro atoms. The van der Waals surface area contributed by atoms with E-state index in [1.807, 2.05) is 6.92 Å². The Balaban J connectivity index is 1.65. The predicted octanol–water partition coefficient (Wildman–Crippen LogP) is 2.13. The number of aromatic nitrogens is 3. The zero-order valence-corrected chi connectivity index (χ0v) is 11.7. The van der Waals surface area contributed by atoms with Crippen LogP contribution in [0.25, 0.3) is 0 Å². The highest BCUT2D eigenvalue weighted by molar-refractivity contribution is 7.71. The van der Waals surface area contributed by atoms with Crippen molar-refractivity contribution in [3.63, 3.8) is 0 Å². The van der Waals surface area contributed by atoms with Crippen LogP contribution in [0, 0.1) is 11.7 Å². The molecule has 0 amide bonds. The van der Waals surface area contributed by atoms with Gasteiger partial charge in [-0.3, -0.25) is 5.10 Å². The van der Waals surface area contributed by atoms with Gasteiger partial charge in [-0.25, -0.2) is 0 Å². The lowest BCUT2D eigenvalue weighted by Crippen LogP contribution is -2.21. The highest BCUT2D eigenvalue weighted by Crippen LogP contribution is 2.09. The number of aromatic amines is 1. The third kappa shape index (κ3) is 4.03. The second-order valence-corrected chi connectivity index (χ2v) is 5.14. The van der Waals surface area contributed by atoms with E-state index >= 15 is 0 Å². The van der Waals surface area contributed by atoms with Crippen LogP contribution < -0.4 is 5.32 Å². The molecule has 0 saturated carbocycles. The maximum atomic E-state index is 4.96. The summed E-state index contributed by atoms with van der Waals surface area (Å²) in [5.74, 6) is 0.805. The van der Waals surface area contributed by atoms with E-state index in [0.29, 0.717) is 4.77 Å². The molecule has 0 radical (unpaired) electrons. The van der Waals surface area contributed by atoms with Crippen molar-refractivity contribution < 1.29 is 0 Å². The van der Waals surface area contributed by atoms with Crippen molar-refractivity contribution >= 4 is 18.0 Å². The standard InChI is InChI=1S/C12H21N5S/c1-10-11(14-12(18)16-15-10)13-6-2-3-7-17-8-4-5-9-17/h2-9H2,1H3,(H2,13,14,16,18). The molecule has 1 aliphatic rings. The Morgan fingerprint density at radius 1 is 1.33 bits per heavy atom. The van der Waals surface area contributed by atoms with Crippen molar-refractivity contribution in [3.05, 3.63) is 10.5 Å². The molecule has 100 valence electrons. The highest BCUT2D eigenvalue weighted by atomic mass is 32.1. The number of hydrogen-bond acceptors (Lipinski definition) is 5. The number of hydrogen-bond donors (Lipinski definition) is 2. The van der Waals surface area contributed by atoms with Crippen LogP contribution in [0.15, 0.2) is 0 Å². The minimum absolute atomic E-state index is 0.431. The van der Waals surface area contributed by atoms with Crippen LogP contribution in [-0.2, 0) is 0 Å². The van der Waals surface area contributed by atoms with Crippen LogP contribution in [0.5, 0.6) is 0 Å². The smallest absolute Gasteiger partial charge is 0.215 e. The van der Waals surface area contributed by atoms with E-state index in [4.69, 9.17) is 12.2 Å². The zero-order valence-electron chi connectivity index (χ0n) is 10.9. The Morgan fingerprint density at radius 3 is 2.89 bits per heavy atom. The molecule has 0 unspecified atom stereocenters. The highest BCUT2D eigenvalue weighted by Gasteiger charge is 2.10. The summed E-state index contributed by atoms with van der Waals surface area (Å²) in [6.07, 6.45) is 5.13. The van der Waals surface area contributed by atoms with Gasteiger partial charge in [0.1, 0.15) is 0 Å². The first kappa shape index (κ1) is 13.4. The lowest BCUT2D eigenvalue weighted by molar-refractivity contribution is 0.331. The molecule has 2 rings (SSSR count). The van der Waals surface area contributed by atoms with E-state index in [-0.39, 0.29) is 0 Å². The minimum Gasteiger partial charge on any atom is -0.368 e. The molecule has 0 aromatic carbocycles. The fourth-order valence-corrected chi connectivity index (χ4v) is 2.37. The Kier molecular flexibility index (Phi) is 5.07. The van der Waals surface area contributed by atoms with E-state index in [1.54, 1.807) is 0 Å². The monoisotopic (exact) mass is 267 g/mol. The van der Waals surface area contributed by atoms with Gasteiger partial charge in [-0.2, -0.15) is 10.1 Å². The molecule has 1 aromatic rings. The number of rotatable bonds is 6. The largest absolute Gasteiger partial charge is 0.368 e. The van der Waals surface area contributed by atoms with Gasteiger partial charge in [0.05, 0.1) is 5.69 Å². The molecule has 1 aliphatic heterocycles. The lowest BCUT2D eigenvalue weighted by atomic mass is 10.3. The molecule has 1 fully saturated rings. The molecule has 5 nitrogen and oxygen atoms in total. The van der Waals surface area contributed by atoms with Crippen molar-refractivity contribution in [2.24, 2.45) is 0 Å². The van der Waals surface area contributed by atoms with Gasteiger partial charge in [-0.1, -0.05) is 0 Å². The van der Waals surface area contributed by atoms with Gasteiger partial charge < -0.3 is 10.2 Å². The minimum atomic E-state index is 0.431. The second kappa shape index (κ2) is 6.80. The Morgan fingerprint density at radius 2 is 2.11 bits per heavy atom. The SMILES string of the molecule is Cc1n[nH]c(=S)nc1NCCCCN1CCCC1. The molecule has 2 heterocycles. The van der Waals surface area contributed by atoms with Crippen LogP contribution >= 0.6 is 12.2 Å². The van der Waals surface area contributed by atoms with Crippen molar-refractivity contribution in [1.29, 1.82) is 0 Å². The maximum absolute atomic E-state index is 4.96. The topological polar surface area (TPSA) is 56.8 Å². The maximum Gasteiger partial charge on any atom is 0.215 e. The first-order valence-corrected chi connectivity index (χ1v) is 7.06. The van der Waals surface area contributed by atoms with Gasteiger partial charge in [0.2, 0.25) is 4.77 Å². The van der Waals surface area contributed by atoms with Crippen LogP contribution in [0.4, 0.5) is 5.82 Å². The van der Waals surface area contributed by atoms with Gasteiger partial charge in [0, 0.05) is 6.54 Å². The summed E-state index contributed by atoms with van der Waals surface area (Å²) in [4.78, 5) is 6.77. The molecule has 0 bridgehead atoms. The van der Waals surface area contributed by atoms with Crippen LogP contribution in [-0.4, -0.2) is 46.3 Å². The second-order valence-electron chi connectivity index (χ2n) is 4.76. The quantitative estimate of drug-likeness (QED) is 0.611. The Labute approximate surface area is 113 Å². The van der Waals surface area contributed by atoms with E-state index in [2.05, 4.69) is 25.4 Å². The van der Waals surface area contributed by atoms with E-state index in [0.717, 1.165) is 24.5 Å². The molecule has 0 atom stereocenters. The number of unbranched alkanes of at least 4 members (excludes halogenated alkanes) is 1. The van der Waals surface area contributed by atoms with E-state index < -0.39 is 0 Å². The van der Waals surface area contributed by atoms with Crippen molar-refractivity contribution in [3.8, 4) is 0 Å². The van der Waals surface area contributed by atoms with Gasteiger partial charge in [0.25, 0.3) is 0 Å². The molecule has 2 N–H and O–H groups in total. The van der Waals surface area contributed by atoms with Gasteiger partial charge >= 0.3 is 0 Å².